The van der Waals surface area contributed by atoms with Crippen LogP contribution in [0, 0.1) is 0 Å². The predicted molar refractivity (Wildman–Crippen MR) is 123 cm³/mol. The third-order valence-corrected chi connectivity index (χ3v) is 8.46. The minimum atomic E-state index is -3.68. The number of halogens is 1. The van der Waals surface area contributed by atoms with Gasteiger partial charge in [-0.3, -0.25) is 0 Å². The highest BCUT2D eigenvalue weighted by atomic mass is 79.9. The van der Waals surface area contributed by atoms with Gasteiger partial charge >= 0.3 is 0 Å². The summed E-state index contributed by atoms with van der Waals surface area (Å²) < 4.78 is 40.5. The molecule has 0 radical (unpaired) electrons. The van der Waals surface area contributed by atoms with Crippen LogP contribution in [0.25, 0.3) is 0 Å². The number of thioether (sulfide) groups is 1. The molecule has 1 fully saturated rings. The van der Waals surface area contributed by atoms with Gasteiger partial charge in [0, 0.05) is 22.3 Å². The molecule has 0 saturated carbocycles. The number of benzene rings is 3. The summed E-state index contributed by atoms with van der Waals surface area (Å²) in [4.78, 5) is 0.240. The molecule has 3 aromatic rings. The van der Waals surface area contributed by atoms with Crippen LogP contribution in [0.3, 0.4) is 0 Å². The number of rotatable bonds is 6. The molecule has 0 aliphatic carbocycles. The minimum absolute atomic E-state index is 0.240. The predicted octanol–water partition coefficient (Wildman–Crippen LogP) is 5.69. The van der Waals surface area contributed by atoms with Crippen LogP contribution >= 0.6 is 27.7 Å². The van der Waals surface area contributed by atoms with E-state index < -0.39 is 10.0 Å². The SMILES string of the molecule is COc1ccc(Br)cc1C1SCCN1S(=O)(=O)c1ccc(Oc2ccccc2)cc1. The molecule has 1 unspecified atom stereocenters. The van der Waals surface area contributed by atoms with Gasteiger partial charge in [-0.05, 0) is 54.6 Å². The smallest absolute Gasteiger partial charge is 0.244 e. The van der Waals surface area contributed by atoms with Crippen molar-refractivity contribution < 1.29 is 17.9 Å². The molecule has 1 aliphatic heterocycles. The van der Waals surface area contributed by atoms with Crippen LogP contribution in [0.2, 0.25) is 0 Å². The highest BCUT2D eigenvalue weighted by Crippen LogP contribution is 2.45. The van der Waals surface area contributed by atoms with Crippen LogP contribution in [0.15, 0.2) is 82.2 Å². The van der Waals surface area contributed by atoms with Crippen molar-refractivity contribution in [3.8, 4) is 17.2 Å². The molecule has 0 spiro atoms. The van der Waals surface area contributed by atoms with Crippen molar-refractivity contribution in [1.82, 2.24) is 4.31 Å². The van der Waals surface area contributed by atoms with Crippen molar-refractivity contribution in [2.45, 2.75) is 10.3 Å². The highest BCUT2D eigenvalue weighted by Gasteiger charge is 2.38. The molecule has 5 nitrogen and oxygen atoms in total. The zero-order chi connectivity index (χ0) is 21.1. The summed E-state index contributed by atoms with van der Waals surface area (Å²) in [6, 6.07) is 21.6. The van der Waals surface area contributed by atoms with E-state index in [4.69, 9.17) is 9.47 Å². The molecule has 0 amide bonds. The van der Waals surface area contributed by atoms with Gasteiger partial charge in [-0.1, -0.05) is 34.1 Å². The molecular formula is C22H20BrNO4S2. The van der Waals surface area contributed by atoms with E-state index >= 15 is 0 Å². The van der Waals surface area contributed by atoms with Crippen LogP contribution in [-0.2, 0) is 10.0 Å². The van der Waals surface area contributed by atoms with Crippen LogP contribution in [0.4, 0.5) is 0 Å². The van der Waals surface area contributed by atoms with E-state index in [2.05, 4.69) is 15.9 Å². The summed E-state index contributed by atoms with van der Waals surface area (Å²) in [6.45, 7) is 0.440. The maximum absolute atomic E-state index is 13.4. The number of hydrogen-bond acceptors (Lipinski definition) is 5. The lowest BCUT2D eigenvalue weighted by molar-refractivity contribution is 0.390. The number of nitrogens with zero attached hydrogens (tertiary/aromatic N) is 1. The standard InChI is InChI=1S/C22H20BrNO4S2/c1-27-21-12-7-16(23)15-20(21)22-24(13-14-29-22)30(25,26)19-10-8-18(9-11-19)28-17-5-3-2-4-6-17/h2-12,15,22H,13-14H2,1H3. The fourth-order valence-corrected chi connectivity index (χ4v) is 6.91. The maximum atomic E-state index is 13.4. The molecule has 156 valence electrons. The Bertz CT molecular complexity index is 1120. The van der Waals surface area contributed by atoms with Gasteiger partial charge in [0.15, 0.2) is 0 Å². The molecule has 1 aliphatic rings. The summed E-state index contributed by atoms with van der Waals surface area (Å²) in [5.74, 6) is 2.67. The van der Waals surface area contributed by atoms with Crippen molar-refractivity contribution in [2.75, 3.05) is 19.4 Å². The van der Waals surface area contributed by atoms with E-state index in [-0.39, 0.29) is 10.3 Å². The minimum Gasteiger partial charge on any atom is -0.496 e. The second-order valence-electron chi connectivity index (χ2n) is 6.61. The van der Waals surface area contributed by atoms with E-state index in [9.17, 15) is 8.42 Å². The van der Waals surface area contributed by atoms with Crippen LogP contribution in [-0.4, -0.2) is 32.1 Å². The Labute approximate surface area is 189 Å². The first-order valence-electron chi connectivity index (χ1n) is 9.29. The zero-order valence-electron chi connectivity index (χ0n) is 16.2. The fourth-order valence-electron chi connectivity index (χ4n) is 3.28. The molecule has 4 rings (SSSR count). The largest absolute Gasteiger partial charge is 0.496 e. The summed E-state index contributed by atoms with van der Waals surface area (Å²) in [6.07, 6.45) is 0. The quantitative estimate of drug-likeness (QED) is 0.430. The second-order valence-corrected chi connectivity index (χ2v) is 10.6. The first kappa shape index (κ1) is 21.2. The molecule has 3 aromatic carbocycles. The molecule has 1 atom stereocenters. The highest BCUT2D eigenvalue weighted by molar-refractivity contribution is 9.10. The number of sulfonamides is 1. The monoisotopic (exact) mass is 505 g/mol. The molecule has 30 heavy (non-hydrogen) atoms. The number of ether oxygens (including phenoxy) is 2. The lowest BCUT2D eigenvalue weighted by Gasteiger charge is -2.25. The Morgan fingerprint density at radius 1 is 1.00 bits per heavy atom. The van der Waals surface area contributed by atoms with Gasteiger partial charge < -0.3 is 9.47 Å². The molecule has 0 N–H and O–H groups in total. The Hall–Kier alpha value is -2.00. The van der Waals surface area contributed by atoms with Crippen molar-refractivity contribution in [2.24, 2.45) is 0 Å². The molecular weight excluding hydrogens is 486 g/mol. The van der Waals surface area contributed by atoms with Crippen molar-refractivity contribution in [3.63, 3.8) is 0 Å². The molecule has 8 heteroatoms. The normalized spacial score (nSPS) is 17.1. The van der Waals surface area contributed by atoms with Crippen molar-refractivity contribution >= 4 is 37.7 Å². The zero-order valence-corrected chi connectivity index (χ0v) is 19.4. The average molecular weight is 506 g/mol. The number of hydrogen-bond donors (Lipinski definition) is 0. The summed E-state index contributed by atoms with van der Waals surface area (Å²) in [5, 5.41) is -0.345. The van der Waals surface area contributed by atoms with E-state index in [1.807, 2.05) is 48.5 Å². The summed E-state index contributed by atoms with van der Waals surface area (Å²) in [5.41, 5.74) is 0.835. The Morgan fingerprint density at radius 3 is 2.40 bits per heavy atom. The molecule has 0 bridgehead atoms. The Kier molecular flexibility index (Phi) is 6.38. The topological polar surface area (TPSA) is 55.8 Å². The number of para-hydroxylation sites is 1. The first-order chi connectivity index (χ1) is 14.5. The van der Waals surface area contributed by atoms with E-state index in [0.29, 0.717) is 23.8 Å². The third kappa shape index (κ3) is 4.37. The molecule has 1 saturated heterocycles. The lowest BCUT2D eigenvalue weighted by atomic mass is 10.2. The average Bonchev–Trinajstić information content (AvgIpc) is 3.26. The summed E-state index contributed by atoms with van der Waals surface area (Å²) in [7, 11) is -2.08. The van der Waals surface area contributed by atoms with Crippen LogP contribution < -0.4 is 9.47 Å². The van der Waals surface area contributed by atoms with Crippen molar-refractivity contribution in [3.05, 3.63) is 82.8 Å². The van der Waals surface area contributed by atoms with Gasteiger partial charge in [0.25, 0.3) is 0 Å². The second kappa shape index (κ2) is 9.01. The van der Waals surface area contributed by atoms with Gasteiger partial charge in [0.2, 0.25) is 10.0 Å². The van der Waals surface area contributed by atoms with E-state index in [1.165, 1.54) is 4.31 Å². The Morgan fingerprint density at radius 2 is 1.70 bits per heavy atom. The lowest BCUT2D eigenvalue weighted by Crippen LogP contribution is -2.30. The van der Waals surface area contributed by atoms with Gasteiger partial charge in [-0.25, -0.2) is 8.42 Å². The molecule has 1 heterocycles. The van der Waals surface area contributed by atoms with Gasteiger partial charge in [0.05, 0.1) is 17.4 Å². The Balaban J connectivity index is 1.60. The van der Waals surface area contributed by atoms with Gasteiger partial charge in [-0.15, -0.1) is 11.8 Å². The maximum Gasteiger partial charge on any atom is 0.244 e. The van der Waals surface area contributed by atoms with Crippen LogP contribution in [0.5, 0.6) is 17.2 Å². The van der Waals surface area contributed by atoms with Crippen molar-refractivity contribution in [1.29, 1.82) is 0 Å². The molecule has 0 aromatic heterocycles. The van der Waals surface area contributed by atoms with E-state index in [1.54, 1.807) is 43.1 Å². The van der Waals surface area contributed by atoms with Crippen LogP contribution in [0.1, 0.15) is 10.9 Å². The van der Waals surface area contributed by atoms with Gasteiger partial charge in [-0.2, -0.15) is 4.31 Å². The van der Waals surface area contributed by atoms with Gasteiger partial charge in [0.1, 0.15) is 17.2 Å². The fraction of sp³-hybridized carbons (Fsp3) is 0.182. The number of methoxy groups -OCH3 is 1. The third-order valence-electron chi connectivity index (χ3n) is 4.72. The van der Waals surface area contributed by atoms with E-state index in [0.717, 1.165) is 15.8 Å². The summed E-state index contributed by atoms with van der Waals surface area (Å²) >= 11 is 5.07. The first-order valence-corrected chi connectivity index (χ1v) is 12.6.